The number of carbonyl (C=O) groups is 1. The quantitative estimate of drug-likeness (QED) is 0.765. The number of benzene rings is 2. The molecule has 0 aliphatic carbocycles. The summed E-state index contributed by atoms with van der Waals surface area (Å²) in [6.07, 6.45) is 0. The molecule has 1 amide bonds. The van der Waals surface area contributed by atoms with E-state index >= 15 is 0 Å². The predicted octanol–water partition coefficient (Wildman–Crippen LogP) is 3.69. The van der Waals surface area contributed by atoms with E-state index in [0.29, 0.717) is 10.7 Å². The van der Waals surface area contributed by atoms with Gasteiger partial charge in [0.05, 0.1) is 11.7 Å². The van der Waals surface area contributed by atoms with E-state index in [4.69, 9.17) is 11.6 Å². The molecule has 1 unspecified atom stereocenters. The topological polar surface area (TPSA) is 64.0 Å². The smallest absolute Gasteiger partial charge is 0.276 e. The molecule has 1 atom stereocenters. The van der Waals surface area contributed by atoms with Crippen LogP contribution in [-0.2, 0) is 0 Å². The van der Waals surface area contributed by atoms with Gasteiger partial charge in [0.25, 0.3) is 5.91 Å². The van der Waals surface area contributed by atoms with Crippen LogP contribution in [0.2, 0.25) is 5.02 Å². The van der Waals surface area contributed by atoms with E-state index < -0.39 is 11.3 Å². The summed E-state index contributed by atoms with van der Waals surface area (Å²) >= 11 is 6.00. The van der Waals surface area contributed by atoms with Crippen LogP contribution < -0.4 is 10.7 Å². The predicted molar refractivity (Wildman–Crippen MR) is 102 cm³/mol. The molecule has 1 heterocycles. The number of aromatic nitrogens is 2. The van der Waals surface area contributed by atoms with Crippen molar-refractivity contribution in [3.05, 3.63) is 92.9 Å². The van der Waals surface area contributed by atoms with Crippen molar-refractivity contribution >= 4 is 17.5 Å². The maximum atomic E-state index is 12.6. The fourth-order valence-corrected chi connectivity index (χ4v) is 2.86. The molecule has 0 bridgehead atoms. The van der Waals surface area contributed by atoms with E-state index in [1.165, 1.54) is 6.07 Å². The van der Waals surface area contributed by atoms with Gasteiger partial charge in [-0.3, -0.25) is 9.59 Å². The van der Waals surface area contributed by atoms with Gasteiger partial charge in [-0.25, -0.2) is 4.68 Å². The average molecular weight is 368 g/mol. The molecular weight excluding hydrogens is 350 g/mol. The van der Waals surface area contributed by atoms with Crippen molar-refractivity contribution in [2.45, 2.75) is 19.9 Å². The second-order valence-electron chi connectivity index (χ2n) is 6.00. The number of halogens is 1. The highest BCUT2D eigenvalue weighted by molar-refractivity contribution is 6.30. The number of carbonyl (C=O) groups excluding carboxylic acids is 1. The Hall–Kier alpha value is -2.92. The van der Waals surface area contributed by atoms with Gasteiger partial charge in [0, 0.05) is 16.8 Å². The Balaban J connectivity index is 1.91. The van der Waals surface area contributed by atoms with E-state index in [1.807, 2.05) is 49.4 Å². The normalized spacial score (nSPS) is 11.8. The molecule has 3 aromatic rings. The molecule has 0 spiro atoms. The molecule has 5 nitrogen and oxygen atoms in total. The van der Waals surface area contributed by atoms with Crippen LogP contribution in [0.25, 0.3) is 5.69 Å². The monoisotopic (exact) mass is 367 g/mol. The van der Waals surface area contributed by atoms with E-state index in [9.17, 15) is 9.59 Å². The summed E-state index contributed by atoms with van der Waals surface area (Å²) in [7, 11) is 0. The first-order valence-corrected chi connectivity index (χ1v) is 8.56. The van der Waals surface area contributed by atoms with Crippen molar-refractivity contribution < 1.29 is 4.79 Å². The lowest BCUT2D eigenvalue weighted by Gasteiger charge is -2.15. The largest absolute Gasteiger partial charge is 0.344 e. The molecule has 1 aromatic heterocycles. The first kappa shape index (κ1) is 17.9. The van der Waals surface area contributed by atoms with Crippen molar-refractivity contribution in [2.24, 2.45) is 0 Å². The van der Waals surface area contributed by atoms with Crippen molar-refractivity contribution in [2.75, 3.05) is 0 Å². The van der Waals surface area contributed by atoms with Gasteiger partial charge in [0.15, 0.2) is 5.69 Å². The fourth-order valence-electron chi connectivity index (χ4n) is 2.66. The number of para-hydroxylation sites is 1. The Labute approximate surface area is 156 Å². The molecule has 3 rings (SSSR count). The first-order valence-electron chi connectivity index (χ1n) is 8.18. The van der Waals surface area contributed by atoms with Gasteiger partial charge < -0.3 is 5.32 Å². The van der Waals surface area contributed by atoms with Gasteiger partial charge in [-0.1, -0.05) is 41.9 Å². The highest BCUT2D eigenvalue weighted by atomic mass is 35.5. The molecular formula is C20H18ClN3O2. The number of nitrogens with one attached hydrogen (secondary N) is 1. The number of aryl methyl sites for hydroxylation is 1. The van der Waals surface area contributed by atoms with Crippen LogP contribution in [0.1, 0.15) is 34.7 Å². The second-order valence-corrected chi connectivity index (χ2v) is 6.43. The fraction of sp³-hybridized carbons (Fsp3) is 0.150. The molecule has 0 aliphatic heterocycles. The van der Waals surface area contributed by atoms with Crippen LogP contribution in [0, 0.1) is 6.92 Å². The van der Waals surface area contributed by atoms with Crippen LogP contribution in [-0.4, -0.2) is 15.7 Å². The zero-order chi connectivity index (χ0) is 18.7. The summed E-state index contributed by atoms with van der Waals surface area (Å²) < 4.78 is 1.58. The minimum Gasteiger partial charge on any atom is -0.344 e. The van der Waals surface area contributed by atoms with E-state index in [2.05, 4.69) is 10.4 Å². The lowest BCUT2D eigenvalue weighted by Crippen LogP contribution is -2.33. The molecule has 0 fully saturated rings. The van der Waals surface area contributed by atoms with Gasteiger partial charge >= 0.3 is 0 Å². The molecule has 0 radical (unpaired) electrons. The number of rotatable bonds is 4. The first-order chi connectivity index (χ1) is 12.5. The molecule has 0 saturated heterocycles. The SMILES string of the molecule is Cc1cc(=O)c(C(=O)NC(C)c2cccc(Cl)c2)nn1-c1ccccc1. The minimum atomic E-state index is -0.521. The van der Waals surface area contributed by atoms with Gasteiger partial charge in [-0.05, 0) is 43.7 Å². The van der Waals surface area contributed by atoms with Crippen LogP contribution in [0.3, 0.4) is 0 Å². The lowest BCUT2D eigenvalue weighted by atomic mass is 10.1. The van der Waals surface area contributed by atoms with E-state index in [1.54, 1.807) is 23.7 Å². The average Bonchev–Trinajstić information content (AvgIpc) is 2.62. The number of nitrogens with zero attached hydrogens (tertiary/aromatic N) is 2. The standard InChI is InChI=1S/C20H18ClN3O2/c1-13-11-18(25)19(23-24(13)17-9-4-3-5-10-17)20(26)22-14(2)15-7-6-8-16(21)12-15/h3-12,14H,1-2H3,(H,22,26). The zero-order valence-electron chi connectivity index (χ0n) is 14.4. The van der Waals surface area contributed by atoms with Gasteiger partial charge in [0.2, 0.25) is 5.43 Å². The van der Waals surface area contributed by atoms with Crippen LogP contribution in [0.4, 0.5) is 0 Å². The third-order valence-electron chi connectivity index (χ3n) is 4.02. The highest BCUT2D eigenvalue weighted by Crippen LogP contribution is 2.17. The highest BCUT2D eigenvalue weighted by Gasteiger charge is 2.18. The summed E-state index contributed by atoms with van der Waals surface area (Å²) in [6, 6.07) is 17.7. The van der Waals surface area contributed by atoms with Gasteiger partial charge in [-0.15, -0.1) is 0 Å². The number of hydrogen-bond donors (Lipinski definition) is 1. The van der Waals surface area contributed by atoms with Crippen LogP contribution in [0.5, 0.6) is 0 Å². The van der Waals surface area contributed by atoms with Gasteiger partial charge in [-0.2, -0.15) is 5.10 Å². The number of hydrogen-bond acceptors (Lipinski definition) is 3. The zero-order valence-corrected chi connectivity index (χ0v) is 15.2. The Kier molecular flexibility index (Phi) is 5.19. The summed E-state index contributed by atoms with van der Waals surface area (Å²) in [5.74, 6) is -0.521. The van der Waals surface area contributed by atoms with Crippen molar-refractivity contribution in [3.8, 4) is 5.69 Å². The van der Waals surface area contributed by atoms with Crippen molar-refractivity contribution in [1.29, 1.82) is 0 Å². The summed E-state index contributed by atoms with van der Waals surface area (Å²) in [5, 5.41) is 7.66. The number of amides is 1. The lowest BCUT2D eigenvalue weighted by molar-refractivity contribution is 0.0932. The Morgan fingerprint density at radius 3 is 2.54 bits per heavy atom. The molecule has 26 heavy (non-hydrogen) atoms. The molecule has 0 aliphatic rings. The Bertz CT molecular complexity index is 999. The minimum absolute atomic E-state index is 0.145. The molecule has 6 heteroatoms. The Morgan fingerprint density at radius 2 is 1.85 bits per heavy atom. The maximum Gasteiger partial charge on any atom is 0.276 e. The van der Waals surface area contributed by atoms with E-state index in [0.717, 1.165) is 11.3 Å². The van der Waals surface area contributed by atoms with Crippen molar-refractivity contribution in [3.63, 3.8) is 0 Å². The Morgan fingerprint density at radius 1 is 1.12 bits per heavy atom. The third kappa shape index (κ3) is 3.83. The van der Waals surface area contributed by atoms with Gasteiger partial charge in [0.1, 0.15) is 0 Å². The molecule has 1 N–H and O–H groups in total. The maximum absolute atomic E-state index is 12.6. The molecule has 0 saturated carbocycles. The van der Waals surface area contributed by atoms with Crippen LogP contribution >= 0.6 is 11.6 Å². The third-order valence-corrected chi connectivity index (χ3v) is 4.25. The summed E-state index contributed by atoms with van der Waals surface area (Å²) in [4.78, 5) is 24.9. The van der Waals surface area contributed by atoms with Crippen LogP contribution in [0.15, 0.2) is 65.5 Å². The summed E-state index contributed by atoms with van der Waals surface area (Å²) in [5.41, 5.74) is 1.72. The molecule has 2 aromatic carbocycles. The van der Waals surface area contributed by atoms with E-state index in [-0.39, 0.29) is 11.7 Å². The molecule has 132 valence electrons. The summed E-state index contributed by atoms with van der Waals surface area (Å²) in [6.45, 7) is 3.60. The second kappa shape index (κ2) is 7.54. The van der Waals surface area contributed by atoms with Crippen molar-refractivity contribution in [1.82, 2.24) is 15.1 Å².